The molecule has 1 aromatic heterocycles. The maximum Gasteiger partial charge on any atom is 0.392 e. The molecule has 198 valence electrons. The summed E-state index contributed by atoms with van der Waals surface area (Å²) in [5.41, 5.74) is -0.241. The number of pyridine rings is 1. The maximum atomic E-state index is 15.1. The normalized spacial score (nSPS) is 22.8. The van der Waals surface area contributed by atoms with Crippen molar-refractivity contribution in [2.24, 2.45) is 5.92 Å². The fourth-order valence-electron chi connectivity index (χ4n) is 5.66. The van der Waals surface area contributed by atoms with Gasteiger partial charge in [-0.3, -0.25) is 19.3 Å². The quantitative estimate of drug-likeness (QED) is 0.437. The first-order chi connectivity index (χ1) is 18.1. The van der Waals surface area contributed by atoms with Gasteiger partial charge in [0.15, 0.2) is 23.1 Å². The third-order valence-corrected chi connectivity index (χ3v) is 8.60. The van der Waals surface area contributed by atoms with Gasteiger partial charge in [0.1, 0.15) is 6.17 Å². The van der Waals surface area contributed by atoms with Crippen molar-refractivity contribution in [3.63, 3.8) is 0 Å². The van der Waals surface area contributed by atoms with E-state index in [4.69, 9.17) is 0 Å². The Morgan fingerprint density at radius 2 is 1.76 bits per heavy atom. The van der Waals surface area contributed by atoms with Crippen molar-refractivity contribution < 1.29 is 31.9 Å². The second kappa shape index (κ2) is 8.75. The number of piperidine rings is 1. The third kappa shape index (κ3) is 3.68. The second-order valence-corrected chi connectivity index (χ2v) is 10.5. The molecule has 0 saturated carbocycles. The Hall–Kier alpha value is -3.54. The molecule has 0 radical (unpaired) electrons. The Morgan fingerprint density at radius 3 is 2.53 bits per heavy atom. The van der Waals surface area contributed by atoms with Gasteiger partial charge in [0.2, 0.25) is 5.43 Å². The molecule has 0 bridgehead atoms. The van der Waals surface area contributed by atoms with E-state index < -0.39 is 65.1 Å². The zero-order chi connectivity index (χ0) is 26.9. The zero-order valence-electron chi connectivity index (χ0n) is 19.6. The lowest BCUT2D eigenvalue weighted by atomic mass is 9.89. The third-order valence-electron chi connectivity index (χ3n) is 7.49. The largest absolute Gasteiger partial charge is 0.502 e. The summed E-state index contributed by atoms with van der Waals surface area (Å²) in [5.74, 6) is -5.36. The number of aromatic nitrogens is 1. The van der Waals surface area contributed by atoms with Crippen molar-refractivity contribution in [2.45, 2.75) is 41.9 Å². The van der Waals surface area contributed by atoms with Crippen LogP contribution in [0.25, 0.3) is 0 Å². The summed E-state index contributed by atoms with van der Waals surface area (Å²) in [4.78, 5) is 27.7. The summed E-state index contributed by atoms with van der Waals surface area (Å²) in [5, 5.41) is 12.1. The van der Waals surface area contributed by atoms with Gasteiger partial charge in [-0.2, -0.15) is 13.2 Å². The average molecular weight is 550 g/mol. The molecule has 0 spiro atoms. The molecule has 1 amide bonds. The van der Waals surface area contributed by atoms with Gasteiger partial charge in [-0.05, 0) is 36.1 Å². The molecule has 0 unspecified atom stereocenters. The lowest BCUT2D eigenvalue weighted by Gasteiger charge is -2.53. The van der Waals surface area contributed by atoms with Gasteiger partial charge in [0.05, 0.1) is 12.0 Å². The molecule has 4 heterocycles. The summed E-state index contributed by atoms with van der Waals surface area (Å²) in [6.45, 7) is -0.263. The molecular weight excluding hydrogens is 529 g/mol. The predicted octanol–water partition coefficient (Wildman–Crippen LogP) is 4.92. The highest BCUT2D eigenvalue weighted by atomic mass is 32.2. The van der Waals surface area contributed by atoms with Gasteiger partial charge in [0, 0.05) is 35.0 Å². The molecule has 1 saturated heterocycles. The van der Waals surface area contributed by atoms with Crippen LogP contribution in [0.2, 0.25) is 0 Å². The zero-order valence-corrected chi connectivity index (χ0v) is 20.4. The van der Waals surface area contributed by atoms with E-state index in [-0.39, 0.29) is 24.3 Å². The molecule has 2 aromatic carbocycles. The lowest BCUT2D eigenvalue weighted by molar-refractivity contribution is -0.189. The lowest BCUT2D eigenvalue weighted by Crippen LogP contribution is -2.65. The molecule has 3 aliphatic rings. The van der Waals surface area contributed by atoms with Crippen LogP contribution in [0, 0.1) is 17.6 Å². The van der Waals surface area contributed by atoms with Crippen LogP contribution in [0.1, 0.15) is 46.1 Å². The summed E-state index contributed by atoms with van der Waals surface area (Å²) in [6, 6.07) is 9.43. The Balaban J connectivity index is 1.65. The van der Waals surface area contributed by atoms with Crippen molar-refractivity contribution in [1.29, 1.82) is 0 Å². The number of rotatable bonds is 1. The van der Waals surface area contributed by atoms with Crippen LogP contribution in [-0.4, -0.2) is 39.5 Å². The number of alkyl halides is 3. The Kier molecular flexibility index (Phi) is 5.71. The van der Waals surface area contributed by atoms with E-state index in [1.54, 1.807) is 24.3 Å². The average Bonchev–Trinajstić information content (AvgIpc) is 3.05. The number of carbonyl (C=O) groups excluding carboxylic acids is 1. The fraction of sp³-hybridized carbons (Fsp3) is 0.308. The number of thioether (sulfide) groups is 1. The van der Waals surface area contributed by atoms with E-state index in [0.717, 1.165) is 12.1 Å². The number of fused-ring (bicyclic) bond motifs is 4. The molecule has 3 aliphatic heterocycles. The van der Waals surface area contributed by atoms with Gasteiger partial charge >= 0.3 is 6.18 Å². The topological polar surface area (TPSA) is 65.8 Å². The SMILES string of the molecule is O=C1c2c(O)c(=O)ccn2N([C@@H]2c3ccccc3SCc3c2ccc(F)c3F)[C@@H]2C[C@@H](C(F)(F)F)CCN12. The monoisotopic (exact) mass is 549 g/mol. The van der Waals surface area contributed by atoms with Gasteiger partial charge in [-0.1, -0.05) is 24.3 Å². The Morgan fingerprint density at radius 1 is 1.00 bits per heavy atom. The smallest absolute Gasteiger partial charge is 0.392 e. The number of nitrogens with zero attached hydrogens (tertiary/aromatic N) is 3. The van der Waals surface area contributed by atoms with Crippen LogP contribution in [-0.2, 0) is 5.75 Å². The van der Waals surface area contributed by atoms with E-state index in [1.165, 1.54) is 38.6 Å². The Bertz CT molecular complexity index is 1520. The standard InChI is InChI=1S/C26H20F5N3O3S/c27-17-6-5-14-16(21(17)28)12-38-19-4-2-1-3-15(19)22(14)34-20-11-13(26(29,30)31)7-9-32(20)25(37)23-24(36)18(35)8-10-33(23)34/h1-6,8,10,13,20,22,36H,7,9,11-12H2/t13-,20+,22-/m0/s1. The maximum absolute atomic E-state index is 15.1. The highest BCUT2D eigenvalue weighted by molar-refractivity contribution is 7.98. The first-order valence-corrected chi connectivity index (χ1v) is 12.9. The minimum atomic E-state index is -4.52. The first-order valence-electron chi connectivity index (χ1n) is 11.9. The van der Waals surface area contributed by atoms with Crippen molar-refractivity contribution >= 4 is 17.7 Å². The number of hydrogen-bond acceptors (Lipinski definition) is 5. The minimum Gasteiger partial charge on any atom is -0.502 e. The second-order valence-electron chi connectivity index (χ2n) is 9.50. The van der Waals surface area contributed by atoms with Crippen LogP contribution in [0.4, 0.5) is 22.0 Å². The minimum absolute atomic E-state index is 0.0506. The van der Waals surface area contributed by atoms with Gasteiger partial charge in [-0.25, -0.2) is 8.78 Å². The number of halogens is 5. The van der Waals surface area contributed by atoms with Crippen molar-refractivity contribution in [3.8, 4) is 5.75 Å². The number of amides is 1. The van der Waals surface area contributed by atoms with Crippen LogP contribution in [0.3, 0.4) is 0 Å². The molecule has 38 heavy (non-hydrogen) atoms. The summed E-state index contributed by atoms with van der Waals surface area (Å²) >= 11 is 1.26. The summed E-state index contributed by atoms with van der Waals surface area (Å²) in [6.07, 6.45) is -5.27. The number of benzene rings is 2. The molecule has 0 aliphatic carbocycles. The molecular formula is C26H20F5N3O3S. The van der Waals surface area contributed by atoms with E-state index in [0.29, 0.717) is 16.0 Å². The van der Waals surface area contributed by atoms with Crippen LogP contribution < -0.4 is 10.4 Å². The Labute approximate surface area is 217 Å². The molecule has 6 rings (SSSR count). The van der Waals surface area contributed by atoms with Crippen molar-refractivity contribution in [3.05, 3.63) is 92.9 Å². The van der Waals surface area contributed by atoms with Crippen LogP contribution in [0.15, 0.2) is 58.4 Å². The van der Waals surface area contributed by atoms with E-state index >= 15 is 4.39 Å². The summed E-state index contributed by atoms with van der Waals surface area (Å²) < 4.78 is 72.4. The highest BCUT2D eigenvalue weighted by Gasteiger charge is 2.52. The van der Waals surface area contributed by atoms with E-state index in [9.17, 15) is 32.3 Å². The highest BCUT2D eigenvalue weighted by Crippen LogP contribution is 2.47. The van der Waals surface area contributed by atoms with Crippen LogP contribution >= 0.6 is 11.8 Å². The molecule has 3 aromatic rings. The summed E-state index contributed by atoms with van der Waals surface area (Å²) in [7, 11) is 0. The van der Waals surface area contributed by atoms with Gasteiger partial charge in [0.25, 0.3) is 5.91 Å². The molecule has 6 nitrogen and oxygen atoms in total. The number of aromatic hydroxyl groups is 1. The van der Waals surface area contributed by atoms with Gasteiger partial charge < -0.3 is 10.0 Å². The van der Waals surface area contributed by atoms with Gasteiger partial charge in [-0.15, -0.1) is 11.8 Å². The number of hydrogen-bond donors (Lipinski definition) is 1. The van der Waals surface area contributed by atoms with Crippen molar-refractivity contribution in [2.75, 3.05) is 11.6 Å². The van der Waals surface area contributed by atoms with Crippen LogP contribution in [0.5, 0.6) is 5.75 Å². The van der Waals surface area contributed by atoms with E-state index in [2.05, 4.69) is 0 Å². The fourth-order valence-corrected chi connectivity index (χ4v) is 6.78. The van der Waals surface area contributed by atoms with Crippen molar-refractivity contribution in [1.82, 2.24) is 9.58 Å². The molecule has 1 fully saturated rings. The first kappa shape index (κ1) is 24.8. The number of carbonyl (C=O) groups is 1. The predicted molar refractivity (Wildman–Crippen MR) is 128 cm³/mol. The molecule has 1 N–H and O–H groups in total. The van der Waals surface area contributed by atoms with E-state index in [1.807, 2.05) is 0 Å². The molecule has 12 heteroatoms. The molecule has 3 atom stereocenters.